The Balaban J connectivity index is 1.60. The van der Waals surface area contributed by atoms with Crippen molar-refractivity contribution in [3.8, 4) is 11.3 Å². The summed E-state index contributed by atoms with van der Waals surface area (Å²) in [7, 11) is 0. The van der Waals surface area contributed by atoms with Crippen LogP contribution in [0.25, 0.3) is 21.5 Å². The number of carbonyl (C=O) groups is 1. The summed E-state index contributed by atoms with van der Waals surface area (Å²) in [5, 5.41) is 3.11. The van der Waals surface area contributed by atoms with Gasteiger partial charge < -0.3 is 5.32 Å². The van der Waals surface area contributed by atoms with Crippen LogP contribution in [-0.2, 0) is 11.3 Å². The maximum atomic E-state index is 13.1. The van der Waals surface area contributed by atoms with E-state index in [1.807, 2.05) is 13.0 Å². The minimum Gasteiger partial charge on any atom is -0.323 e. The molecular weight excluding hydrogens is 415 g/mol. The Morgan fingerprint density at radius 2 is 2.00 bits per heavy atom. The van der Waals surface area contributed by atoms with E-state index in [1.54, 1.807) is 24.3 Å². The summed E-state index contributed by atoms with van der Waals surface area (Å²) in [6.45, 7) is 1.68. The van der Waals surface area contributed by atoms with E-state index in [2.05, 4.69) is 14.7 Å². The van der Waals surface area contributed by atoms with Crippen LogP contribution in [0.1, 0.15) is 5.56 Å². The summed E-state index contributed by atoms with van der Waals surface area (Å²) < 4.78 is 19.0. The average molecular weight is 429 g/mol. The lowest BCUT2D eigenvalue weighted by atomic mass is 10.1. The fraction of sp³-hybridized carbons (Fsp3) is 0.100. The van der Waals surface area contributed by atoms with E-state index in [-0.39, 0.29) is 17.9 Å². The molecule has 0 unspecified atom stereocenters. The van der Waals surface area contributed by atoms with Crippen molar-refractivity contribution in [1.29, 1.82) is 0 Å². The number of anilines is 1. The van der Waals surface area contributed by atoms with E-state index in [4.69, 9.17) is 11.6 Å². The van der Waals surface area contributed by atoms with Gasteiger partial charge in [0.25, 0.3) is 5.56 Å². The molecule has 0 bridgehead atoms. The number of fused-ring (bicyclic) bond motifs is 1. The minimum absolute atomic E-state index is 0.213. The monoisotopic (exact) mass is 428 g/mol. The second-order valence-electron chi connectivity index (χ2n) is 6.42. The van der Waals surface area contributed by atoms with Gasteiger partial charge in [-0.3, -0.25) is 14.2 Å². The van der Waals surface area contributed by atoms with Gasteiger partial charge in [0.05, 0.1) is 17.0 Å². The Bertz CT molecular complexity index is 1280. The number of aromatic nitrogens is 3. The first-order chi connectivity index (χ1) is 13.9. The van der Waals surface area contributed by atoms with Gasteiger partial charge in [0.15, 0.2) is 0 Å². The highest BCUT2D eigenvalue weighted by atomic mass is 35.5. The van der Waals surface area contributed by atoms with Crippen molar-refractivity contribution in [2.75, 3.05) is 5.32 Å². The third-order valence-electron chi connectivity index (χ3n) is 4.28. The van der Waals surface area contributed by atoms with Crippen molar-refractivity contribution >= 4 is 44.9 Å². The van der Waals surface area contributed by atoms with Crippen molar-refractivity contribution in [2.45, 2.75) is 13.5 Å². The van der Waals surface area contributed by atoms with Crippen LogP contribution in [0.4, 0.5) is 10.1 Å². The first-order valence-corrected chi connectivity index (χ1v) is 9.74. The number of rotatable bonds is 4. The molecule has 0 aliphatic carbocycles. The fourth-order valence-electron chi connectivity index (χ4n) is 2.83. The molecule has 2 aromatic heterocycles. The first kappa shape index (κ1) is 19.2. The predicted molar refractivity (Wildman–Crippen MR) is 112 cm³/mol. The zero-order valence-corrected chi connectivity index (χ0v) is 16.7. The summed E-state index contributed by atoms with van der Waals surface area (Å²) in [6, 6.07) is 11.1. The summed E-state index contributed by atoms with van der Waals surface area (Å²) in [5.74, 6) is -0.759. The SMILES string of the molecule is Cc1ccc(NC(=O)Cn2cnc3c(-c4ccc(F)cc4)nsc3c2=O)c(Cl)c1. The van der Waals surface area contributed by atoms with E-state index in [1.165, 1.54) is 23.0 Å². The van der Waals surface area contributed by atoms with Gasteiger partial charge in [-0.15, -0.1) is 0 Å². The topological polar surface area (TPSA) is 76.9 Å². The highest BCUT2D eigenvalue weighted by molar-refractivity contribution is 7.13. The van der Waals surface area contributed by atoms with Crippen LogP contribution in [0.3, 0.4) is 0 Å². The Hall–Kier alpha value is -3.10. The molecule has 4 aromatic rings. The van der Waals surface area contributed by atoms with Crippen LogP contribution < -0.4 is 10.9 Å². The van der Waals surface area contributed by atoms with Gasteiger partial charge in [0, 0.05) is 5.56 Å². The third kappa shape index (κ3) is 3.90. The first-order valence-electron chi connectivity index (χ1n) is 8.59. The van der Waals surface area contributed by atoms with Crippen molar-refractivity contribution in [2.24, 2.45) is 0 Å². The van der Waals surface area contributed by atoms with Gasteiger partial charge in [0.1, 0.15) is 28.3 Å². The molecule has 29 heavy (non-hydrogen) atoms. The zero-order chi connectivity index (χ0) is 20.5. The summed E-state index contributed by atoms with van der Waals surface area (Å²) >= 11 is 7.13. The molecule has 0 aliphatic heterocycles. The Labute approximate surface area is 173 Å². The molecule has 9 heteroatoms. The summed E-state index contributed by atoms with van der Waals surface area (Å²) in [4.78, 5) is 29.4. The summed E-state index contributed by atoms with van der Waals surface area (Å²) in [5.41, 5.74) is 2.66. The number of nitrogens with zero attached hydrogens (tertiary/aromatic N) is 3. The van der Waals surface area contributed by atoms with Gasteiger partial charge in [-0.1, -0.05) is 17.7 Å². The fourth-order valence-corrected chi connectivity index (χ4v) is 3.92. The molecular formula is C20H14ClFN4O2S. The van der Waals surface area contributed by atoms with E-state index in [0.717, 1.165) is 17.1 Å². The number of amides is 1. The lowest BCUT2D eigenvalue weighted by Gasteiger charge is -2.09. The van der Waals surface area contributed by atoms with E-state index < -0.39 is 5.91 Å². The van der Waals surface area contributed by atoms with Gasteiger partial charge >= 0.3 is 0 Å². The lowest BCUT2D eigenvalue weighted by molar-refractivity contribution is -0.116. The van der Waals surface area contributed by atoms with Crippen LogP contribution >= 0.6 is 23.1 Å². The van der Waals surface area contributed by atoms with E-state index >= 15 is 0 Å². The van der Waals surface area contributed by atoms with Crippen molar-refractivity contribution in [1.82, 2.24) is 13.9 Å². The number of carbonyl (C=O) groups excluding carboxylic acids is 1. The molecule has 0 spiro atoms. The number of nitrogens with one attached hydrogen (secondary N) is 1. The number of hydrogen-bond donors (Lipinski definition) is 1. The predicted octanol–water partition coefficient (Wildman–Crippen LogP) is 4.26. The molecule has 0 radical (unpaired) electrons. The minimum atomic E-state index is -0.401. The number of halogens is 2. The molecule has 4 rings (SSSR count). The van der Waals surface area contributed by atoms with Gasteiger partial charge in [-0.25, -0.2) is 9.37 Å². The van der Waals surface area contributed by atoms with Crippen LogP contribution in [-0.4, -0.2) is 19.8 Å². The smallest absolute Gasteiger partial charge is 0.273 e. The molecule has 0 fully saturated rings. The maximum absolute atomic E-state index is 13.1. The van der Waals surface area contributed by atoms with Crippen LogP contribution in [0, 0.1) is 12.7 Å². The molecule has 0 atom stereocenters. The molecule has 1 amide bonds. The van der Waals surface area contributed by atoms with Crippen LogP contribution in [0.15, 0.2) is 53.6 Å². The highest BCUT2D eigenvalue weighted by Gasteiger charge is 2.16. The number of aryl methyl sites for hydroxylation is 1. The molecule has 146 valence electrons. The van der Waals surface area contributed by atoms with Crippen molar-refractivity contribution in [3.63, 3.8) is 0 Å². The van der Waals surface area contributed by atoms with E-state index in [0.29, 0.717) is 32.2 Å². The lowest BCUT2D eigenvalue weighted by Crippen LogP contribution is -2.27. The zero-order valence-electron chi connectivity index (χ0n) is 15.1. The van der Waals surface area contributed by atoms with Crippen LogP contribution in [0.5, 0.6) is 0 Å². The largest absolute Gasteiger partial charge is 0.323 e. The maximum Gasteiger partial charge on any atom is 0.273 e. The molecule has 2 aromatic carbocycles. The van der Waals surface area contributed by atoms with Crippen LogP contribution in [0.2, 0.25) is 5.02 Å². The number of hydrogen-bond acceptors (Lipinski definition) is 5. The summed E-state index contributed by atoms with van der Waals surface area (Å²) in [6.07, 6.45) is 1.31. The average Bonchev–Trinajstić information content (AvgIpc) is 3.12. The normalized spacial score (nSPS) is 11.0. The Morgan fingerprint density at radius 1 is 1.24 bits per heavy atom. The van der Waals surface area contributed by atoms with E-state index in [9.17, 15) is 14.0 Å². The quantitative estimate of drug-likeness (QED) is 0.527. The van der Waals surface area contributed by atoms with Crippen molar-refractivity contribution in [3.05, 3.63) is 75.5 Å². The molecule has 6 nitrogen and oxygen atoms in total. The second-order valence-corrected chi connectivity index (χ2v) is 7.61. The molecule has 2 heterocycles. The van der Waals surface area contributed by atoms with Gasteiger partial charge in [0.2, 0.25) is 5.91 Å². The molecule has 0 aliphatic rings. The highest BCUT2D eigenvalue weighted by Crippen LogP contribution is 2.27. The third-order valence-corrected chi connectivity index (χ3v) is 5.42. The van der Waals surface area contributed by atoms with Gasteiger partial charge in [-0.2, -0.15) is 4.37 Å². The molecule has 0 saturated carbocycles. The standard InChI is InChI=1S/C20H14ClFN4O2S/c1-11-2-7-15(14(21)8-11)24-16(27)9-26-10-23-18-17(25-29-19(18)20(26)28)12-3-5-13(22)6-4-12/h2-8,10H,9H2,1H3,(H,24,27). The molecule has 0 saturated heterocycles. The second kappa shape index (κ2) is 7.73. The van der Waals surface area contributed by atoms with Gasteiger partial charge in [-0.05, 0) is 60.4 Å². The Kier molecular flexibility index (Phi) is 5.12. The number of benzene rings is 2. The van der Waals surface area contributed by atoms with Crippen molar-refractivity contribution < 1.29 is 9.18 Å². The molecule has 1 N–H and O–H groups in total. The Morgan fingerprint density at radius 3 is 2.72 bits per heavy atom.